The molecule has 0 radical (unpaired) electrons. The largest absolute Gasteiger partial charge is 0.492 e. The monoisotopic (exact) mass is 563 g/mol. The van der Waals surface area contributed by atoms with Gasteiger partial charge in [-0.2, -0.15) is 39.5 Å². The minimum atomic E-state index is -5.91. The van der Waals surface area contributed by atoms with Gasteiger partial charge < -0.3 is 18.9 Å². The Morgan fingerprint density at radius 3 is 1.87 bits per heavy atom. The fourth-order valence-corrected chi connectivity index (χ4v) is 3.50. The highest BCUT2D eigenvalue weighted by atomic mass is 19.4. The Kier molecular flexibility index (Phi) is 7.67. The van der Waals surface area contributed by atoms with Crippen LogP contribution in [0.15, 0.2) is 42.9 Å². The van der Waals surface area contributed by atoms with E-state index in [1.807, 2.05) is 0 Å². The minimum absolute atomic E-state index is 0.0773. The molecule has 1 aromatic carbocycles. The summed E-state index contributed by atoms with van der Waals surface area (Å²) in [5.74, 6) is -14.7. The number of hydrogen-bond acceptors (Lipinski definition) is 8. The van der Waals surface area contributed by atoms with Crippen LogP contribution >= 0.6 is 0 Å². The van der Waals surface area contributed by atoms with E-state index in [2.05, 4.69) is 19.3 Å². The van der Waals surface area contributed by atoms with Gasteiger partial charge in [0.25, 0.3) is 0 Å². The number of imidazole rings is 1. The van der Waals surface area contributed by atoms with Crippen LogP contribution in [0.5, 0.6) is 0 Å². The maximum atomic E-state index is 13.0. The van der Waals surface area contributed by atoms with Crippen LogP contribution in [0.3, 0.4) is 0 Å². The summed E-state index contributed by atoms with van der Waals surface area (Å²) >= 11 is 0. The first-order chi connectivity index (χ1) is 17.4. The lowest BCUT2D eigenvalue weighted by atomic mass is 9.91. The molecule has 208 valence electrons. The van der Waals surface area contributed by atoms with Gasteiger partial charge in [-0.05, 0) is 18.6 Å². The number of nitrogens with zero attached hydrogens (tertiary/aromatic N) is 3. The second kappa shape index (κ2) is 10.1. The van der Waals surface area contributed by atoms with Gasteiger partial charge in [-0.3, -0.25) is 0 Å². The smallest absolute Gasteiger partial charge is 0.399 e. The van der Waals surface area contributed by atoms with Crippen molar-refractivity contribution in [3.05, 3.63) is 48.5 Å². The summed E-state index contributed by atoms with van der Waals surface area (Å²) < 4.78 is 126. The number of ether oxygens (including phenoxy) is 2. The Morgan fingerprint density at radius 1 is 0.842 bits per heavy atom. The minimum Gasteiger partial charge on any atom is -0.399 e. The number of esters is 2. The number of benzene rings is 1. The lowest BCUT2D eigenvalue weighted by molar-refractivity contribution is -0.396. The van der Waals surface area contributed by atoms with Crippen LogP contribution in [-0.4, -0.2) is 63.5 Å². The molecule has 0 saturated carbocycles. The SMILES string of the molecule is O=C(ON1CCC(c2cncn2-c2ccccc2)CC1(OC(=O)C(F)(F)F)OC(=O)C(F)(F)F)C(F)(F)F. The third-order valence-electron chi connectivity index (χ3n) is 5.08. The molecule has 18 heteroatoms. The number of alkyl halides is 9. The molecule has 2 aromatic rings. The molecular formula is C20H14F9N3O6. The highest BCUT2D eigenvalue weighted by molar-refractivity contribution is 5.78. The molecule has 0 amide bonds. The highest BCUT2D eigenvalue weighted by Gasteiger charge is 2.60. The maximum absolute atomic E-state index is 13.0. The van der Waals surface area contributed by atoms with Crippen molar-refractivity contribution in [1.82, 2.24) is 14.6 Å². The molecule has 0 aliphatic carbocycles. The molecule has 0 spiro atoms. The summed E-state index contributed by atoms with van der Waals surface area (Å²) in [5.41, 5.74) is 0.490. The average Bonchev–Trinajstić information content (AvgIpc) is 3.29. The van der Waals surface area contributed by atoms with Crippen LogP contribution in [0.2, 0.25) is 0 Å². The molecule has 1 unspecified atom stereocenters. The molecule has 1 fully saturated rings. The van der Waals surface area contributed by atoms with Gasteiger partial charge in [0.2, 0.25) is 0 Å². The van der Waals surface area contributed by atoms with E-state index in [4.69, 9.17) is 0 Å². The second-order valence-electron chi connectivity index (χ2n) is 7.68. The van der Waals surface area contributed by atoms with Gasteiger partial charge >= 0.3 is 42.3 Å². The maximum Gasteiger partial charge on any atom is 0.492 e. The van der Waals surface area contributed by atoms with Gasteiger partial charge in [-0.15, -0.1) is 0 Å². The normalized spacial score (nSPS) is 18.5. The number of carbonyl (C=O) groups is 3. The fourth-order valence-electron chi connectivity index (χ4n) is 3.50. The zero-order chi connectivity index (χ0) is 28.5. The summed E-state index contributed by atoms with van der Waals surface area (Å²) in [4.78, 5) is 42.5. The summed E-state index contributed by atoms with van der Waals surface area (Å²) in [6, 6.07) is 7.89. The zero-order valence-electron chi connectivity index (χ0n) is 18.4. The zero-order valence-corrected chi connectivity index (χ0v) is 18.4. The van der Waals surface area contributed by atoms with Gasteiger partial charge in [0.15, 0.2) is 0 Å². The summed E-state index contributed by atoms with van der Waals surface area (Å²) in [6.07, 6.45) is -17.0. The Bertz CT molecular complexity index is 1150. The number of hydrogen-bond donors (Lipinski definition) is 0. The van der Waals surface area contributed by atoms with Crippen molar-refractivity contribution in [2.45, 2.75) is 43.2 Å². The van der Waals surface area contributed by atoms with E-state index >= 15 is 0 Å². The highest BCUT2D eigenvalue weighted by Crippen LogP contribution is 2.43. The lowest BCUT2D eigenvalue weighted by Crippen LogP contribution is -2.61. The van der Waals surface area contributed by atoms with Gasteiger partial charge in [-0.25, -0.2) is 19.4 Å². The Hall–Kier alpha value is -3.83. The van der Waals surface area contributed by atoms with Gasteiger partial charge in [0.1, 0.15) is 0 Å². The molecule has 3 rings (SSSR count). The van der Waals surface area contributed by atoms with E-state index in [9.17, 15) is 53.9 Å². The van der Waals surface area contributed by atoms with Crippen molar-refractivity contribution in [3.63, 3.8) is 0 Å². The van der Waals surface area contributed by atoms with Gasteiger partial charge in [0, 0.05) is 30.0 Å². The predicted molar refractivity (Wildman–Crippen MR) is 101 cm³/mol. The molecule has 1 aromatic heterocycles. The fraction of sp³-hybridized carbons (Fsp3) is 0.400. The van der Waals surface area contributed by atoms with Crippen LogP contribution in [0, 0.1) is 0 Å². The van der Waals surface area contributed by atoms with Crippen molar-refractivity contribution < 1.29 is 68.2 Å². The Balaban J connectivity index is 2.10. The molecule has 1 atom stereocenters. The Morgan fingerprint density at radius 2 is 1.37 bits per heavy atom. The molecular weight excluding hydrogens is 549 g/mol. The van der Waals surface area contributed by atoms with Gasteiger partial charge in [0.05, 0.1) is 12.7 Å². The first kappa shape index (κ1) is 28.7. The Labute approximate surface area is 205 Å². The van der Waals surface area contributed by atoms with Crippen molar-refractivity contribution in [3.8, 4) is 5.69 Å². The molecule has 38 heavy (non-hydrogen) atoms. The van der Waals surface area contributed by atoms with Crippen molar-refractivity contribution in [1.29, 1.82) is 0 Å². The number of rotatable bonds is 5. The molecule has 1 saturated heterocycles. The van der Waals surface area contributed by atoms with E-state index in [0.717, 1.165) is 6.20 Å². The third kappa shape index (κ3) is 6.35. The van der Waals surface area contributed by atoms with Crippen molar-refractivity contribution in [2.75, 3.05) is 6.54 Å². The molecule has 0 N–H and O–H groups in total. The molecule has 0 bridgehead atoms. The standard InChI is InChI=1S/C20H14F9N3O6/c21-18(22,23)14(33)36-17(37-15(34)19(24,25)26)8-11(6-7-32(17)38-16(35)20(27,28)29)13-9-30-10-31(13)12-4-2-1-3-5-12/h1-5,9-11H,6-8H2. The number of halogens is 9. The van der Waals surface area contributed by atoms with Crippen molar-refractivity contribution >= 4 is 17.9 Å². The number of aromatic nitrogens is 2. The van der Waals surface area contributed by atoms with Crippen LogP contribution in [0.1, 0.15) is 24.5 Å². The van der Waals surface area contributed by atoms with Crippen LogP contribution in [0.25, 0.3) is 5.69 Å². The topological polar surface area (TPSA) is 100.0 Å². The van der Waals surface area contributed by atoms with E-state index in [0.29, 0.717) is 5.69 Å². The number of carbonyl (C=O) groups excluding carboxylic acids is 3. The molecule has 9 nitrogen and oxygen atoms in total. The first-order valence-electron chi connectivity index (χ1n) is 10.2. The van der Waals surface area contributed by atoms with Crippen molar-refractivity contribution in [2.24, 2.45) is 0 Å². The lowest BCUT2D eigenvalue weighted by Gasteiger charge is -2.44. The summed E-state index contributed by atoms with van der Waals surface area (Å²) in [5, 5.41) is -0.490. The average molecular weight is 563 g/mol. The number of piperidine rings is 1. The van der Waals surface area contributed by atoms with Gasteiger partial charge in [-0.1, -0.05) is 23.3 Å². The van der Waals surface area contributed by atoms with Crippen LogP contribution in [-0.2, 0) is 28.7 Å². The molecule has 1 aliphatic rings. The second-order valence-corrected chi connectivity index (χ2v) is 7.68. The number of hydroxylamine groups is 2. The van der Waals surface area contributed by atoms with E-state index in [1.165, 1.54) is 10.9 Å². The predicted octanol–water partition coefficient (Wildman–Crippen LogP) is 3.94. The first-order valence-corrected chi connectivity index (χ1v) is 10.2. The van der Waals surface area contributed by atoms with E-state index in [-0.39, 0.29) is 5.69 Å². The van der Waals surface area contributed by atoms with Crippen LogP contribution < -0.4 is 0 Å². The third-order valence-corrected chi connectivity index (χ3v) is 5.08. The van der Waals surface area contributed by atoms with E-state index < -0.39 is 72.7 Å². The molecule has 2 heterocycles. The molecule has 1 aliphatic heterocycles. The van der Waals surface area contributed by atoms with E-state index in [1.54, 1.807) is 30.3 Å². The van der Waals surface area contributed by atoms with Crippen LogP contribution in [0.4, 0.5) is 39.5 Å². The quantitative estimate of drug-likeness (QED) is 0.307. The summed E-state index contributed by atoms with van der Waals surface area (Å²) in [7, 11) is 0. The number of para-hydroxylation sites is 1. The summed E-state index contributed by atoms with van der Waals surface area (Å²) in [6.45, 7) is -1.07.